The average Bonchev–Trinajstić information content (AvgIpc) is 2.14. The number of carbonyl (C=O) groups excluding carboxylic acids is 1. The van der Waals surface area contributed by atoms with Gasteiger partial charge < -0.3 is 0 Å². The van der Waals surface area contributed by atoms with E-state index in [4.69, 9.17) is 0 Å². The fourth-order valence-electron chi connectivity index (χ4n) is 1.15. The van der Waals surface area contributed by atoms with Crippen molar-refractivity contribution in [1.29, 1.82) is 0 Å². The van der Waals surface area contributed by atoms with Crippen molar-refractivity contribution in [2.24, 2.45) is 0 Å². The predicted molar refractivity (Wildman–Crippen MR) is 61.8 cm³/mol. The standard InChI is InChI=1S/C11H11F3O2S/c1-17(2,16)7-10(15)8-3-5-9(6-4-8)11(12,13)14/h3-7H,1-2H3. The smallest absolute Gasteiger partial charge is 0.289 e. The summed E-state index contributed by atoms with van der Waals surface area (Å²) in [6.45, 7) is 0. The summed E-state index contributed by atoms with van der Waals surface area (Å²) in [5.41, 5.74) is -0.725. The summed E-state index contributed by atoms with van der Waals surface area (Å²) in [6, 6.07) is 3.81. The molecule has 0 N–H and O–H groups in total. The zero-order valence-electron chi connectivity index (χ0n) is 9.25. The lowest BCUT2D eigenvalue weighted by Gasteiger charge is -2.06. The van der Waals surface area contributed by atoms with Gasteiger partial charge in [-0.05, 0) is 21.7 Å². The van der Waals surface area contributed by atoms with Gasteiger partial charge in [-0.3, -0.25) is 9.00 Å². The molecule has 2 nitrogen and oxygen atoms in total. The highest BCUT2D eigenvalue weighted by Crippen LogP contribution is 2.29. The van der Waals surface area contributed by atoms with Gasteiger partial charge in [-0.2, -0.15) is 13.2 Å². The largest absolute Gasteiger partial charge is 0.416 e. The van der Waals surface area contributed by atoms with Crippen LogP contribution >= 0.6 is 0 Å². The Bertz CT molecular complexity index is 527. The number of ketones is 1. The van der Waals surface area contributed by atoms with Gasteiger partial charge in [0.1, 0.15) is 0 Å². The van der Waals surface area contributed by atoms with Gasteiger partial charge in [0.15, 0.2) is 5.78 Å². The summed E-state index contributed by atoms with van der Waals surface area (Å²) in [5, 5.41) is 1.02. The lowest BCUT2D eigenvalue weighted by molar-refractivity contribution is -0.137. The van der Waals surface area contributed by atoms with Gasteiger partial charge in [0.2, 0.25) is 0 Å². The number of rotatable bonds is 2. The lowest BCUT2D eigenvalue weighted by Crippen LogP contribution is -2.10. The zero-order valence-corrected chi connectivity index (χ0v) is 10.1. The average molecular weight is 264 g/mol. The van der Waals surface area contributed by atoms with Crippen LogP contribution in [-0.4, -0.2) is 27.9 Å². The van der Waals surface area contributed by atoms with Crippen molar-refractivity contribution in [3.63, 3.8) is 0 Å². The normalized spacial score (nSPS) is 12.3. The minimum absolute atomic E-state index is 0.0921. The van der Waals surface area contributed by atoms with E-state index >= 15 is 0 Å². The summed E-state index contributed by atoms with van der Waals surface area (Å²) >= 11 is 0. The topological polar surface area (TPSA) is 34.1 Å². The lowest BCUT2D eigenvalue weighted by atomic mass is 10.1. The first-order chi connectivity index (χ1) is 7.59. The second kappa shape index (κ2) is 4.52. The van der Waals surface area contributed by atoms with Gasteiger partial charge in [-0.15, -0.1) is 0 Å². The molecule has 17 heavy (non-hydrogen) atoms. The van der Waals surface area contributed by atoms with E-state index in [1.807, 2.05) is 0 Å². The van der Waals surface area contributed by atoms with Gasteiger partial charge in [0, 0.05) is 23.4 Å². The predicted octanol–water partition coefficient (Wildman–Crippen LogP) is 2.23. The molecule has 0 amide bonds. The molecule has 0 aliphatic carbocycles. The summed E-state index contributed by atoms with van der Waals surface area (Å²) in [4.78, 5) is 11.5. The van der Waals surface area contributed by atoms with Crippen LogP contribution in [0.15, 0.2) is 24.3 Å². The molecule has 0 radical (unpaired) electrons. The summed E-state index contributed by atoms with van der Waals surface area (Å²) in [7, 11) is -2.36. The van der Waals surface area contributed by atoms with Gasteiger partial charge >= 0.3 is 6.18 Å². The summed E-state index contributed by atoms with van der Waals surface area (Å²) in [5.74, 6) is -0.534. The monoisotopic (exact) mass is 264 g/mol. The minimum Gasteiger partial charge on any atom is -0.289 e. The van der Waals surface area contributed by atoms with E-state index in [0.717, 1.165) is 29.6 Å². The van der Waals surface area contributed by atoms with E-state index in [9.17, 15) is 22.2 Å². The molecule has 0 atom stereocenters. The molecule has 1 rings (SSSR count). The Morgan fingerprint density at radius 1 is 1.18 bits per heavy atom. The Hall–Kier alpha value is -1.30. The number of halogens is 3. The second-order valence-corrected chi connectivity index (χ2v) is 6.72. The van der Waals surface area contributed by atoms with Crippen LogP contribution in [0.4, 0.5) is 13.2 Å². The molecule has 0 aromatic heterocycles. The number of alkyl halides is 3. The molecular weight excluding hydrogens is 253 g/mol. The number of hydrogen-bond acceptors (Lipinski definition) is 2. The van der Waals surface area contributed by atoms with E-state index in [1.54, 1.807) is 0 Å². The minimum atomic E-state index is -4.42. The molecule has 0 aliphatic heterocycles. The number of Topliss-reactive ketones (excluding diaryl/α,β-unsaturated/α-hetero) is 1. The van der Waals surface area contributed by atoms with Gasteiger partial charge in [0.25, 0.3) is 0 Å². The number of benzene rings is 1. The van der Waals surface area contributed by atoms with E-state index in [2.05, 4.69) is 0 Å². The number of carbonyl (C=O) groups is 1. The fourth-order valence-corrected chi connectivity index (χ4v) is 1.80. The highest BCUT2D eigenvalue weighted by atomic mass is 32.2. The van der Waals surface area contributed by atoms with Crippen molar-refractivity contribution in [1.82, 2.24) is 0 Å². The Balaban J connectivity index is 3.05. The van der Waals surface area contributed by atoms with E-state index in [-0.39, 0.29) is 5.56 Å². The van der Waals surface area contributed by atoms with Gasteiger partial charge in [-0.1, -0.05) is 12.1 Å². The molecule has 0 unspecified atom stereocenters. The number of hydrogen-bond donors (Lipinski definition) is 0. The van der Waals surface area contributed by atoms with Crippen molar-refractivity contribution in [2.75, 3.05) is 12.5 Å². The SMILES string of the molecule is CS(C)(=O)=CC(=O)c1ccc(C(F)(F)F)cc1. The van der Waals surface area contributed by atoms with E-state index < -0.39 is 27.0 Å². The van der Waals surface area contributed by atoms with Crippen LogP contribution in [0.2, 0.25) is 0 Å². The zero-order chi connectivity index (χ0) is 13.3. The van der Waals surface area contributed by atoms with Crippen LogP contribution < -0.4 is 0 Å². The van der Waals surface area contributed by atoms with Crippen LogP contribution in [0.25, 0.3) is 0 Å². The third-order valence-corrected chi connectivity index (χ3v) is 2.67. The molecule has 0 saturated heterocycles. The molecule has 0 bridgehead atoms. The van der Waals surface area contributed by atoms with Crippen LogP contribution in [0.3, 0.4) is 0 Å². The molecule has 0 spiro atoms. The van der Waals surface area contributed by atoms with Gasteiger partial charge in [0.05, 0.1) is 5.56 Å². The molecule has 0 aliphatic rings. The van der Waals surface area contributed by atoms with Crippen molar-refractivity contribution in [3.05, 3.63) is 35.4 Å². The maximum Gasteiger partial charge on any atom is 0.416 e. The van der Waals surface area contributed by atoms with Crippen LogP contribution in [0.5, 0.6) is 0 Å². The van der Waals surface area contributed by atoms with Crippen LogP contribution in [0.1, 0.15) is 15.9 Å². The quantitative estimate of drug-likeness (QED) is 0.606. The van der Waals surface area contributed by atoms with E-state index in [1.165, 1.54) is 12.5 Å². The molecule has 0 fully saturated rings. The first-order valence-corrected chi connectivity index (χ1v) is 7.04. The highest BCUT2D eigenvalue weighted by Gasteiger charge is 2.30. The van der Waals surface area contributed by atoms with Crippen LogP contribution in [0, 0.1) is 0 Å². The molecule has 6 heteroatoms. The molecular formula is C11H11F3O2S. The fraction of sp³-hybridized carbons (Fsp3) is 0.273. The molecule has 94 valence electrons. The van der Waals surface area contributed by atoms with Crippen LogP contribution in [-0.2, 0) is 15.7 Å². The third kappa shape index (κ3) is 4.22. The molecule has 1 aromatic carbocycles. The maximum absolute atomic E-state index is 12.3. The first-order valence-electron chi connectivity index (χ1n) is 4.60. The Morgan fingerprint density at radius 3 is 2.00 bits per heavy atom. The molecule has 0 saturated carbocycles. The molecule has 1 aromatic rings. The highest BCUT2D eigenvalue weighted by molar-refractivity contribution is 8.01. The third-order valence-electron chi connectivity index (χ3n) is 1.89. The van der Waals surface area contributed by atoms with Crippen molar-refractivity contribution < 1.29 is 22.2 Å². The van der Waals surface area contributed by atoms with Crippen molar-refractivity contribution >= 4 is 20.7 Å². The Morgan fingerprint density at radius 2 is 1.65 bits per heavy atom. The first kappa shape index (κ1) is 13.8. The second-order valence-electron chi connectivity index (χ2n) is 3.87. The summed E-state index contributed by atoms with van der Waals surface area (Å²) < 4.78 is 48.1. The van der Waals surface area contributed by atoms with Crippen molar-refractivity contribution in [2.45, 2.75) is 6.18 Å². The summed E-state index contributed by atoms with van der Waals surface area (Å²) in [6.07, 6.45) is -1.65. The molecule has 0 heterocycles. The Kier molecular flexibility index (Phi) is 3.66. The maximum atomic E-state index is 12.3. The van der Waals surface area contributed by atoms with Gasteiger partial charge in [-0.25, -0.2) is 0 Å². The van der Waals surface area contributed by atoms with E-state index in [0.29, 0.717) is 0 Å². The van der Waals surface area contributed by atoms with Crippen molar-refractivity contribution in [3.8, 4) is 0 Å². The Labute approximate surface area is 97.5 Å².